The van der Waals surface area contributed by atoms with Gasteiger partial charge in [-0.1, -0.05) is 6.92 Å². The van der Waals surface area contributed by atoms with Crippen molar-refractivity contribution in [1.29, 1.82) is 0 Å². The van der Waals surface area contributed by atoms with Crippen molar-refractivity contribution in [3.05, 3.63) is 0 Å². The lowest BCUT2D eigenvalue weighted by atomic mass is 10.1. The molecule has 1 aliphatic rings. The van der Waals surface area contributed by atoms with Gasteiger partial charge in [0, 0.05) is 26.3 Å². The SMILES string of the molecule is COCC(C)CNC1CCS(=O)(=O)CC1. The van der Waals surface area contributed by atoms with E-state index >= 15 is 0 Å². The van der Waals surface area contributed by atoms with Crippen molar-refractivity contribution in [2.75, 3.05) is 31.8 Å². The molecule has 0 saturated carbocycles. The third-order valence-electron chi connectivity index (χ3n) is 2.76. The average molecular weight is 235 g/mol. The molecule has 15 heavy (non-hydrogen) atoms. The average Bonchev–Trinajstić information content (AvgIpc) is 2.17. The summed E-state index contributed by atoms with van der Waals surface area (Å²) in [6.07, 6.45) is 1.50. The molecule has 0 amide bonds. The van der Waals surface area contributed by atoms with Crippen LogP contribution >= 0.6 is 0 Å². The van der Waals surface area contributed by atoms with E-state index in [1.54, 1.807) is 7.11 Å². The van der Waals surface area contributed by atoms with E-state index in [9.17, 15) is 8.42 Å². The highest BCUT2D eigenvalue weighted by Crippen LogP contribution is 2.12. The van der Waals surface area contributed by atoms with Crippen molar-refractivity contribution >= 4 is 9.84 Å². The second-order valence-electron chi connectivity index (χ2n) is 4.39. The van der Waals surface area contributed by atoms with E-state index in [1.165, 1.54) is 0 Å². The number of hydrogen-bond donors (Lipinski definition) is 1. The summed E-state index contributed by atoms with van der Waals surface area (Å²) in [5, 5.41) is 3.40. The fourth-order valence-electron chi connectivity index (χ4n) is 1.81. The van der Waals surface area contributed by atoms with Gasteiger partial charge in [0.15, 0.2) is 0 Å². The van der Waals surface area contributed by atoms with Crippen molar-refractivity contribution in [3.8, 4) is 0 Å². The summed E-state index contributed by atoms with van der Waals surface area (Å²) >= 11 is 0. The lowest BCUT2D eigenvalue weighted by Gasteiger charge is -2.24. The molecule has 0 aliphatic carbocycles. The highest BCUT2D eigenvalue weighted by atomic mass is 32.2. The van der Waals surface area contributed by atoms with E-state index in [1.807, 2.05) is 0 Å². The van der Waals surface area contributed by atoms with Crippen LogP contribution in [-0.2, 0) is 14.6 Å². The minimum atomic E-state index is -2.73. The van der Waals surface area contributed by atoms with Crippen LogP contribution in [0.2, 0.25) is 0 Å². The Morgan fingerprint density at radius 1 is 1.40 bits per heavy atom. The Balaban J connectivity index is 2.19. The second kappa shape index (κ2) is 5.82. The molecule has 1 rings (SSSR count). The summed E-state index contributed by atoms with van der Waals surface area (Å²) in [7, 11) is -1.03. The number of ether oxygens (including phenoxy) is 1. The molecule has 1 N–H and O–H groups in total. The quantitative estimate of drug-likeness (QED) is 0.751. The number of sulfone groups is 1. The Kier molecular flexibility index (Phi) is 5.02. The Hall–Kier alpha value is -0.130. The van der Waals surface area contributed by atoms with Gasteiger partial charge in [0.05, 0.1) is 11.5 Å². The third kappa shape index (κ3) is 4.95. The van der Waals surface area contributed by atoms with Gasteiger partial charge in [-0.3, -0.25) is 0 Å². The summed E-state index contributed by atoms with van der Waals surface area (Å²) in [6.45, 7) is 3.77. The van der Waals surface area contributed by atoms with Crippen LogP contribution in [0.5, 0.6) is 0 Å². The lowest BCUT2D eigenvalue weighted by Crippen LogP contribution is -2.39. The Labute approximate surface area is 92.3 Å². The van der Waals surface area contributed by atoms with E-state index in [0.29, 0.717) is 23.5 Å². The van der Waals surface area contributed by atoms with Crippen LogP contribution in [0.1, 0.15) is 19.8 Å². The molecule has 0 bridgehead atoms. The van der Waals surface area contributed by atoms with Gasteiger partial charge in [0.2, 0.25) is 0 Å². The van der Waals surface area contributed by atoms with E-state index < -0.39 is 9.84 Å². The zero-order chi connectivity index (χ0) is 11.3. The number of rotatable bonds is 5. The molecule has 0 spiro atoms. The molecule has 1 saturated heterocycles. The Bertz CT molecular complexity index is 262. The number of methoxy groups -OCH3 is 1. The van der Waals surface area contributed by atoms with Crippen LogP contribution < -0.4 is 5.32 Å². The molecule has 0 aromatic heterocycles. The van der Waals surface area contributed by atoms with Crippen LogP contribution in [0.15, 0.2) is 0 Å². The van der Waals surface area contributed by atoms with Gasteiger partial charge in [-0.05, 0) is 18.8 Å². The topological polar surface area (TPSA) is 55.4 Å². The maximum Gasteiger partial charge on any atom is 0.150 e. The number of nitrogens with one attached hydrogen (secondary N) is 1. The fourth-order valence-corrected chi connectivity index (χ4v) is 3.30. The minimum absolute atomic E-state index is 0.337. The molecular formula is C10H21NO3S. The first-order valence-corrected chi connectivity index (χ1v) is 7.28. The first-order valence-electron chi connectivity index (χ1n) is 5.46. The first kappa shape index (κ1) is 12.9. The summed E-state index contributed by atoms with van der Waals surface area (Å²) in [6, 6.07) is 0.368. The molecule has 1 aliphatic heterocycles. The maximum absolute atomic E-state index is 11.2. The Morgan fingerprint density at radius 3 is 2.53 bits per heavy atom. The highest BCUT2D eigenvalue weighted by molar-refractivity contribution is 7.91. The predicted molar refractivity (Wildman–Crippen MR) is 60.7 cm³/mol. The molecular weight excluding hydrogens is 214 g/mol. The van der Waals surface area contributed by atoms with E-state index in [4.69, 9.17) is 4.74 Å². The smallest absolute Gasteiger partial charge is 0.150 e. The standard InChI is InChI=1S/C10H21NO3S/c1-9(8-14-2)7-11-10-3-5-15(12,13)6-4-10/h9-11H,3-8H2,1-2H3. The molecule has 0 aromatic carbocycles. The molecule has 1 fully saturated rings. The van der Waals surface area contributed by atoms with Gasteiger partial charge in [-0.25, -0.2) is 8.42 Å². The predicted octanol–water partition coefficient (Wildman–Crippen LogP) is 0.436. The highest BCUT2D eigenvalue weighted by Gasteiger charge is 2.23. The lowest BCUT2D eigenvalue weighted by molar-refractivity contribution is 0.156. The molecule has 90 valence electrons. The van der Waals surface area contributed by atoms with Crippen LogP contribution in [0.25, 0.3) is 0 Å². The largest absolute Gasteiger partial charge is 0.384 e. The normalized spacial score (nSPS) is 23.9. The van der Waals surface area contributed by atoms with Crippen LogP contribution in [0.3, 0.4) is 0 Å². The zero-order valence-electron chi connectivity index (χ0n) is 9.53. The third-order valence-corrected chi connectivity index (χ3v) is 4.48. The van der Waals surface area contributed by atoms with E-state index in [-0.39, 0.29) is 0 Å². The van der Waals surface area contributed by atoms with Gasteiger partial charge in [0.25, 0.3) is 0 Å². The molecule has 1 heterocycles. The fraction of sp³-hybridized carbons (Fsp3) is 1.00. The monoisotopic (exact) mass is 235 g/mol. The van der Waals surface area contributed by atoms with Gasteiger partial charge >= 0.3 is 0 Å². The van der Waals surface area contributed by atoms with E-state index in [2.05, 4.69) is 12.2 Å². The van der Waals surface area contributed by atoms with Gasteiger partial charge < -0.3 is 10.1 Å². The van der Waals surface area contributed by atoms with Crippen LogP contribution in [0, 0.1) is 5.92 Å². The zero-order valence-corrected chi connectivity index (χ0v) is 10.3. The van der Waals surface area contributed by atoms with Crippen molar-refractivity contribution in [3.63, 3.8) is 0 Å². The molecule has 1 atom stereocenters. The maximum atomic E-state index is 11.2. The van der Waals surface area contributed by atoms with Crippen molar-refractivity contribution in [2.24, 2.45) is 5.92 Å². The van der Waals surface area contributed by atoms with Gasteiger partial charge in [0.1, 0.15) is 9.84 Å². The van der Waals surface area contributed by atoms with Crippen LogP contribution in [-0.4, -0.2) is 46.2 Å². The minimum Gasteiger partial charge on any atom is -0.384 e. The van der Waals surface area contributed by atoms with Crippen LogP contribution in [0.4, 0.5) is 0 Å². The molecule has 1 unspecified atom stereocenters. The molecule has 5 heteroatoms. The summed E-state index contributed by atoms with van der Waals surface area (Å²) in [5.41, 5.74) is 0. The summed E-state index contributed by atoms with van der Waals surface area (Å²) in [4.78, 5) is 0. The molecule has 0 radical (unpaired) electrons. The van der Waals surface area contributed by atoms with Crippen molar-refractivity contribution in [1.82, 2.24) is 5.32 Å². The van der Waals surface area contributed by atoms with E-state index in [0.717, 1.165) is 26.0 Å². The van der Waals surface area contributed by atoms with Gasteiger partial charge in [-0.2, -0.15) is 0 Å². The first-order chi connectivity index (χ1) is 7.03. The van der Waals surface area contributed by atoms with Crippen molar-refractivity contribution in [2.45, 2.75) is 25.8 Å². The summed E-state index contributed by atoms with van der Waals surface area (Å²) < 4.78 is 27.4. The Morgan fingerprint density at radius 2 is 2.00 bits per heavy atom. The molecule has 4 nitrogen and oxygen atoms in total. The van der Waals surface area contributed by atoms with Crippen molar-refractivity contribution < 1.29 is 13.2 Å². The number of hydrogen-bond acceptors (Lipinski definition) is 4. The molecule has 0 aromatic rings. The second-order valence-corrected chi connectivity index (χ2v) is 6.70. The van der Waals surface area contributed by atoms with Gasteiger partial charge in [-0.15, -0.1) is 0 Å². The summed E-state index contributed by atoms with van der Waals surface area (Å²) in [5.74, 6) is 1.15.